The summed E-state index contributed by atoms with van der Waals surface area (Å²) in [7, 11) is 0. The minimum Gasteiger partial charge on any atom is -0.385 e. The van der Waals surface area contributed by atoms with Crippen molar-refractivity contribution in [2.24, 2.45) is 21.7 Å². The summed E-state index contributed by atoms with van der Waals surface area (Å²) < 4.78 is 0. The van der Waals surface area contributed by atoms with E-state index in [-0.39, 0.29) is 10.8 Å². The lowest BCUT2D eigenvalue weighted by Gasteiger charge is -2.45. The Bertz CT molecular complexity index is 777. The highest BCUT2D eigenvalue weighted by Crippen LogP contribution is 2.53. The molecular weight excluding hydrogens is 350 g/mol. The van der Waals surface area contributed by atoms with Gasteiger partial charge >= 0.3 is 0 Å². The topological polar surface area (TPSA) is 12.0 Å². The fourth-order valence-electron chi connectivity index (χ4n) is 5.92. The summed E-state index contributed by atoms with van der Waals surface area (Å²) in [5, 5.41) is 3.80. The van der Waals surface area contributed by atoms with Gasteiger partial charge in [0.1, 0.15) is 0 Å². The normalized spacial score (nSPS) is 30.2. The largest absolute Gasteiger partial charge is 0.385 e. The van der Waals surface area contributed by atoms with Gasteiger partial charge < -0.3 is 5.32 Å². The van der Waals surface area contributed by atoms with Crippen LogP contribution < -0.4 is 5.32 Å². The fourth-order valence-corrected chi connectivity index (χ4v) is 5.92. The minimum absolute atomic E-state index is 0.269. The van der Waals surface area contributed by atoms with E-state index < -0.39 is 0 Å². The Labute approximate surface area is 180 Å². The summed E-state index contributed by atoms with van der Waals surface area (Å²) in [6, 6.07) is 0. The van der Waals surface area contributed by atoms with Gasteiger partial charge in [-0.3, -0.25) is 0 Å². The zero-order valence-corrected chi connectivity index (χ0v) is 20.7. The predicted molar refractivity (Wildman–Crippen MR) is 128 cm³/mol. The molecule has 0 radical (unpaired) electrons. The van der Waals surface area contributed by atoms with Gasteiger partial charge in [0.2, 0.25) is 0 Å². The van der Waals surface area contributed by atoms with Crippen molar-refractivity contribution in [1.29, 1.82) is 0 Å². The average Bonchev–Trinajstić information content (AvgIpc) is 2.62. The summed E-state index contributed by atoms with van der Waals surface area (Å²) in [4.78, 5) is 0. The standard InChI is InChI=1S/C28H45N/c1-10-21-23(27(6,7)15-14-25(21,2)3)13-18-29-20-11-12-22-24(19-20)28(8,9)17-16-26(22,4)5/h10,13,19,29H,11-12,14-18H2,1-9H3/b21-10+,23-13+. The van der Waals surface area contributed by atoms with Crippen LogP contribution in [0.1, 0.15) is 101 Å². The van der Waals surface area contributed by atoms with Crippen LogP contribution in [0.3, 0.4) is 0 Å². The zero-order chi connectivity index (χ0) is 21.7. The van der Waals surface area contributed by atoms with Crippen LogP contribution >= 0.6 is 0 Å². The number of rotatable bonds is 3. The molecule has 1 heteroatoms. The van der Waals surface area contributed by atoms with Crippen molar-refractivity contribution >= 4 is 0 Å². The van der Waals surface area contributed by atoms with Gasteiger partial charge in [0.05, 0.1) is 0 Å². The van der Waals surface area contributed by atoms with E-state index in [1.807, 2.05) is 0 Å². The molecule has 0 amide bonds. The van der Waals surface area contributed by atoms with Crippen LogP contribution in [0.2, 0.25) is 0 Å². The molecule has 0 saturated heterocycles. The Morgan fingerprint density at radius 1 is 0.759 bits per heavy atom. The molecule has 0 spiro atoms. The first-order valence-corrected chi connectivity index (χ1v) is 11.9. The number of hydrogen-bond donors (Lipinski definition) is 1. The highest BCUT2D eigenvalue weighted by Gasteiger charge is 2.40. The third-order valence-corrected chi connectivity index (χ3v) is 8.26. The minimum atomic E-state index is 0.269. The second kappa shape index (κ2) is 7.47. The number of hydrogen-bond acceptors (Lipinski definition) is 1. The van der Waals surface area contributed by atoms with Gasteiger partial charge in [0.25, 0.3) is 0 Å². The summed E-state index contributed by atoms with van der Waals surface area (Å²) in [6.07, 6.45) is 14.9. The van der Waals surface area contributed by atoms with Crippen molar-refractivity contribution < 1.29 is 0 Å². The second-order valence-corrected chi connectivity index (χ2v) is 12.3. The lowest BCUT2D eigenvalue weighted by molar-refractivity contribution is 0.256. The van der Waals surface area contributed by atoms with E-state index in [1.165, 1.54) is 37.8 Å². The van der Waals surface area contributed by atoms with Crippen LogP contribution in [0.4, 0.5) is 0 Å². The predicted octanol–water partition coefficient (Wildman–Crippen LogP) is 8.12. The molecule has 29 heavy (non-hydrogen) atoms. The van der Waals surface area contributed by atoms with Crippen LogP contribution in [-0.4, -0.2) is 6.54 Å². The van der Waals surface area contributed by atoms with Crippen molar-refractivity contribution in [2.75, 3.05) is 6.54 Å². The Hall–Kier alpha value is -1.24. The maximum Gasteiger partial charge on any atom is 0.0333 e. The smallest absolute Gasteiger partial charge is 0.0333 e. The van der Waals surface area contributed by atoms with E-state index in [0.717, 1.165) is 13.0 Å². The number of nitrogens with one attached hydrogen (secondary N) is 1. The van der Waals surface area contributed by atoms with E-state index in [4.69, 9.17) is 0 Å². The quantitative estimate of drug-likeness (QED) is 0.509. The first-order chi connectivity index (χ1) is 13.3. The molecule has 0 aromatic rings. The maximum absolute atomic E-state index is 3.80. The molecule has 0 unspecified atom stereocenters. The van der Waals surface area contributed by atoms with Gasteiger partial charge in [0, 0.05) is 12.2 Å². The first kappa shape index (κ1) is 22.4. The van der Waals surface area contributed by atoms with E-state index in [9.17, 15) is 0 Å². The molecule has 3 aliphatic rings. The van der Waals surface area contributed by atoms with Gasteiger partial charge in [0.15, 0.2) is 0 Å². The summed E-state index contributed by atoms with van der Waals surface area (Å²) >= 11 is 0. The molecule has 1 saturated carbocycles. The molecule has 0 bridgehead atoms. The van der Waals surface area contributed by atoms with E-state index in [1.54, 1.807) is 22.3 Å². The van der Waals surface area contributed by atoms with Gasteiger partial charge in [-0.25, -0.2) is 0 Å². The second-order valence-electron chi connectivity index (χ2n) is 12.3. The van der Waals surface area contributed by atoms with Crippen molar-refractivity contribution in [3.63, 3.8) is 0 Å². The SMILES string of the molecule is C/C=C1\C(=C/CNC2=CC3=C(CC2)C(C)(C)CCC3(C)C)C(C)(C)CCC1(C)C. The number of allylic oxidation sites excluding steroid dienone is 7. The van der Waals surface area contributed by atoms with Gasteiger partial charge in [-0.15, -0.1) is 0 Å². The van der Waals surface area contributed by atoms with E-state index in [2.05, 4.69) is 85.9 Å². The van der Waals surface area contributed by atoms with E-state index >= 15 is 0 Å². The summed E-state index contributed by atoms with van der Waals surface area (Å²) in [6.45, 7) is 22.6. The van der Waals surface area contributed by atoms with Crippen LogP contribution in [0.5, 0.6) is 0 Å². The molecule has 162 valence electrons. The summed E-state index contributed by atoms with van der Waals surface area (Å²) in [5.74, 6) is 0. The third kappa shape index (κ3) is 4.30. The molecule has 0 aliphatic heterocycles. The van der Waals surface area contributed by atoms with Gasteiger partial charge in [-0.05, 0) is 89.9 Å². The molecule has 1 fully saturated rings. The molecule has 1 nitrogen and oxygen atoms in total. The lowest BCUT2D eigenvalue weighted by atomic mass is 9.60. The lowest BCUT2D eigenvalue weighted by Crippen LogP contribution is -2.33. The van der Waals surface area contributed by atoms with Crippen LogP contribution in [0.25, 0.3) is 0 Å². The van der Waals surface area contributed by atoms with Crippen molar-refractivity contribution in [3.8, 4) is 0 Å². The Morgan fingerprint density at radius 3 is 1.93 bits per heavy atom. The van der Waals surface area contributed by atoms with Gasteiger partial charge in [-0.1, -0.05) is 73.1 Å². The fraction of sp³-hybridized carbons (Fsp3) is 0.714. The molecule has 0 aromatic heterocycles. The first-order valence-electron chi connectivity index (χ1n) is 11.9. The molecule has 0 atom stereocenters. The molecule has 0 heterocycles. The highest BCUT2D eigenvalue weighted by atomic mass is 14.9. The highest BCUT2D eigenvalue weighted by molar-refractivity contribution is 5.44. The Balaban J connectivity index is 1.81. The van der Waals surface area contributed by atoms with Crippen molar-refractivity contribution in [2.45, 2.75) is 101 Å². The Kier molecular flexibility index (Phi) is 5.78. The van der Waals surface area contributed by atoms with Crippen LogP contribution in [0.15, 0.2) is 46.2 Å². The summed E-state index contributed by atoms with van der Waals surface area (Å²) in [5.41, 5.74) is 9.10. The molecule has 0 aromatic carbocycles. The average molecular weight is 396 g/mol. The third-order valence-electron chi connectivity index (χ3n) is 8.26. The van der Waals surface area contributed by atoms with E-state index in [0.29, 0.717) is 10.8 Å². The zero-order valence-electron chi connectivity index (χ0n) is 20.7. The maximum atomic E-state index is 3.80. The van der Waals surface area contributed by atoms with Crippen molar-refractivity contribution in [3.05, 3.63) is 46.2 Å². The monoisotopic (exact) mass is 395 g/mol. The molecule has 3 aliphatic carbocycles. The molecule has 3 rings (SSSR count). The molecule has 1 N–H and O–H groups in total. The van der Waals surface area contributed by atoms with Crippen LogP contribution in [-0.2, 0) is 0 Å². The molecular formula is C28H45N. The van der Waals surface area contributed by atoms with Crippen molar-refractivity contribution in [1.82, 2.24) is 5.32 Å². The van der Waals surface area contributed by atoms with Crippen LogP contribution in [0, 0.1) is 21.7 Å². The Morgan fingerprint density at radius 2 is 1.31 bits per heavy atom. The van der Waals surface area contributed by atoms with Gasteiger partial charge in [-0.2, -0.15) is 0 Å².